The maximum Gasteiger partial charge on any atom is 0.257 e. The summed E-state index contributed by atoms with van der Waals surface area (Å²) in [6.07, 6.45) is 1.98. The minimum atomic E-state index is -0.507. The van der Waals surface area contributed by atoms with Gasteiger partial charge in [0.25, 0.3) is 5.91 Å². The number of hydrogen-bond acceptors (Lipinski definition) is 4. The van der Waals surface area contributed by atoms with E-state index in [9.17, 15) is 9.18 Å². The molecule has 1 aliphatic rings. The van der Waals surface area contributed by atoms with Crippen molar-refractivity contribution in [3.8, 4) is 0 Å². The Hall–Kier alpha value is -1.69. The minimum Gasteiger partial charge on any atom is -0.380 e. The molecule has 104 valence electrons. The number of methoxy groups -OCH3 is 1. The summed E-state index contributed by atoms with van der Waals surface area (Å²) in [5, 5.41) is 2.98. The van der Waals surface area contributed by atoms with Gasteiger partial charge in [-0.1, -0.05) is 0 Å². The quantitative estimate of drug-likeness (QED) is 0.898. The van der Waals surface area contributed by atoms with Gasteiger partial charge in [0.2, 0.25) is 0 Å². The predicted octanol–water partition coefficient (Wildman–Crippen LogP) is 1.51. The molecule has 1 aromatic rings. The van der Waals surface area contributed by atoms with Gasteiger partial charge < -0.3 is 15.0 Å². The van der Waals surface area contributed by atoms with E-state index in [4.69, 9.17) is 4.74 Å². The van der Waals surface area contributed by atoms with Crippen LogP contribution in [0.3, 0.4) is 0 Å². The van der Waals surface area contributed by atoms with Gasteiger partial charge in [0.05, 0.1) is 17.9 Å². The van der Waals surface area contributed by atoms with E-state index in [1.165, 1.54) is 6.07 Å². The Labute approximate surface area is 111 Å². The van der Waals surface area contributed by atoms with Crippen molar-refractivity contribution >= 4 is 11.7 Å². The van der Waals surface area contributed by atoms with Gasteiger partial charge in [-0.3, -0.25) is 4.79 Å². The van der Waals surface area contributed by atoms with E-state index in [1.54, 1.807) is 12.0 Å². The zero-order chi connectivity index (χ0) is 13.8. The number of nitrogens with one attached hydrogen (secondary N) is 1. The molecule has 1 aromatic heterocycles. The molecule has 1 unspecified atom stereocenters. The number of nitrogens with zero attached hydrogens (tertiary/aromatic N) is 2. The number of hydrogen-bond donors (Lipinski definition) is 1. The highest BCUT2D eigenvalue weighted by Crippen LogP contribution is 2.20. The van der Waals surface area contributed by atoms with Crippen molar-refractivity contribution in [1.29, 1.82) is 0 Å². The Morgan fingerprint density at radius 1 is 1.68 bits per heavy atom. The molecule has 2 rings (SSSR count). The molecule has 1 fully saturated rings. The summed E-state index contributed by atoms with van der Waals surface area (Å²) >= 11 is 0. The molecular formula is C13H18FN3O2. The van der Waals surface area contributed by atoms with Crippen LogP contribution in [0.2, 0.25) is 0 Å². The molecule has 0 saturated carbocycles. The van der Waals surface area contributed by atoms with Gasteiger partial charge in [-0.15, -0.1) is 0 Å². The number of anilines is 1. The lowest BCUT2D eigenvalue weighted by atomic mass is 10.2. The Morgan fingerprint density at radius 2 is 2.47 bits per heavy atom. The van der Waals surface area contributed by atoms with Crippen LogP contribution in [0, 0.1) is 5.82 Å². The van der Waals surface area contributed by atoms with Crippen molar-refractivity contribution in [3.63, 3.8) is 0 Å². The van der Waals surface area contributed by atoms with Crippen LogP contribution in [0.25, 0.3) is 0 Å². The first-order chi connectivity index (χ1) is 9.15. The van der Waals surface area contributed by atoms with Crippen LogP contribution in [0.15, 0.2) is 12.3 Å². The zero-order valence-electron chi connectivity index (χ0n) is 11.1. The molecule has 1 atom stereocenters. The van der Waals surface area contributed by atoms with Crippen molar-refractivity contribution in [1.82, 2.24) is 9.88 Å². The van der Waals surface area contributed by atoms with E-state index in [0.717, 1.165) is 12.6 Å². The molecule has 2 heterocycles. The van der Waals surface area contributed by atoms with Crippen LogP contribution in [0.4, 0.5) is 10.2 Å². The summed E-state index contributed by atoms with van der Waals surface area (Å²) in [7, 11) is 1.63. The van der Waals surface area contributed by atoms with Crippen molar-refractivity contribution in [2.24, 2.45) is 0 Å². The number of likely N-dealkylation sites (tertiary alicyclic amines) is 1. The Balaban J connectivity index is 2.20. The second-order valence-electron chi connectivity index (χ2n) is 4.48. The molecule has 5 nitrogen and oxygen atoms in total. The molecule has 1 N–H and O–H groups in total. The van der Waals surface area contributed by atoms with Crippen molar-refractivity contribution < 1.29 is 13.9 Å². The van der Waals surface area contributed by atoms with Gasteiger partial charge in [0.1, 0.15) is 11.6 Å². The maximum absolute atomic E-state index is 13.3. The summed E-state index contributed by atoms with van der Waals surface area (Å²) in [6.45, 7) is 3.69. The van der Waals surface area contributed by atoms with Crippen LogP contribution in [-0.2, 0) is 4.74 Å². The normalized spacial score (nSPS) is 18.7. The number of pyridine rings is 1. The monoisotopic (exact) mass is 267 g/mol. The average Bonchev–Trinajstić information content (AvgIpc) is 2.89. The molecular weight excluding hydrogens is 249 g/mol. The molecule has 19 heavy (non-hydrogen) atoms. The minimum absolute atomic E-state index is 0.0630. The van der Waals surface area contributed by atoms with E-state index >= 15 is 0 Å². The molecule has 1 aliphatic heterocycles. The topological polar surface area (TPSA) is 54.5 Å². The number of amides is 1. The number of rotatable bonds is 4. The third-order valence-electron chi connectivity index (χ3n) is 3.19. The predicted molar refractivity (Wildman–Crippen MR) is 69.7 cm³/mol. The summed E-state index contributed by atoms with van der Waals surface area (Å²) in [5.41, 5.74) is 0.276. The van der Waals surface area contributed by atoms with Gasteiger partial charge in [0, 0.05) is 26.7 Å². The van der Waals surface area contributed by atoms with E-state index in [1.807, 2.05) is 6.92 Å². The van der Waals surface area contributed by atoms with Crippen molar-refractivity contribution in [3.05, 3.63) is 23.6 Å². The Kier molecular flexibility index (Phi) is 4.31. The largest absolute Gasteiger partial charge is 0.380 e. The molecule has 0 spiro atoms. The van der Waals surface area contributed by atoms with Gasteiger partial charge in [-0.2, -0.15) is 0 Å². The lowest BCUT2D eigenvalue weighted by Gasteiger charge is -2.18. The third kappa shape index (κ3) is 3.01. The highest BCUT2D eigenvalue weighted by Gasteiger charge is 2.28. The number of carbonyl (C=O) groups excluding carboxylic acids is 1. The summed E-state index contributed by atoms with van der Waals surface area (Å²) in [6, 6.07) is 1.23. The lowest BCUT2D eigenvalue weighted by molar-refractivity contribution is 0.0724. The first-order valence-electron chi connectivity index (χ1n) is 6.37. The molecule has 1 saturated heterocycles. The van der Waals surface area contributed by atoms with Crippen LogP contribution in [0.1, 0.15) is 23.7 Å². The van der Waals surface area contributed by atoms with E-state index < -0.39 is 5.82 Å². The van der Waals surface area contributed by atoms with Gasteiger partial charge in [-0.25, -0.2) is 9.37 Å². The summed E-state index contributed by atoms with van der Waals surface area (Å²) in [5.74, 6) is -0.287. The van der Waals surface area contributed by atoms with Gasteiger partial charge >= 0.3 is 0 Å². The fraction of sp³-hybridized carbons (Fsp3) is 0.538. The molecule has 1 amide bonds. The van der Waals surface area contributed by atoms with Crippen molar-refractivity contribution in [2.75, 3.05) is 32.1 Å². The molecule has 0 bridgehead atoms. The first kappa shape index (κ1) is 13.7. The van der Waals surface area contributed by atoms with Crippen LogP contribution in [0.5, 0.6) is 0 Å². The van der Waals surface area contributed by atoms with Gasteiger partial charge in [0.15, 0.2) is 0 Å². The summed E-state index contributed by atoms with van der Waals surface area (Å²) < 4.78 is 18.5. The van der Waals surface area contributed by atoms with E-state index in [0.29, 0.717) is 25.5 Å². The molecule has 6 heteroatoms. The highest BCUT2D eigenvalue weighted by atomic mass is 19.1. The van der Waals surface area contributed by atoms with E-state index in [2.05, 4.69) is 10.3 Å². The van der Waals surface area contributed by atoms with Gasteiger partial charge in [-0.05, 0) is 19.4 Å². The number of carbonyl (C=O) groups is 1. The molecule has 0 aromatic carbocycles. The smallest absolute Gasteiger partial charge is 0.257 e. The first-order valence-corrected chi connectivity index (χ1v) is 6.37. The highest BCUT2D eigenvalue weighted by molar-refractivity contribution is 5.98. The lowest BCUT2D eigenvalue weighted by Crippen LogP contribution is -2.31. The fourth-order valence-corrected chi connectivity index (χ4v) is 2.19. The number of ether oxygens (including phenoxy) is 1. The van der Waals surface area contributed by atoms with Crippen LogP contribution in [-0.4, -0.2) is 48.6 Å². The Bertz CT molecular complexity index is 467. The van der Waals surface area contributed by atoms with Crippen LogP contribution >= 0.6 is 0 Å². The van der Waals surface area contributed by atoms with Crippen molar-refractivity contribution in [2.45, 2.75) is 19.4 Å². The average molecular weight is 267 g/mol. The molecule has 0 aliphatic carbocycles. The van der Waals surface area contributed by atoms with E-state index in [-0.39, 0.29) is 17.6 Å². The fourth-order valence-electron chi connectivity index (χ4n) is 2.19. The number of aromatic nitrogens is 1. The summed E-state index contributed by atoms with van der Waals surface area (Å²) in [4.78, 5) is 18.0. The number of halogens is 1. The maximum atomic E-state index is 13.3. The second-order valence-corrected chi connectivity index (χ2v) is 4.48. The standard InChI is InChI=1S/C13H18FN3O2/c1-3-15-12-11(6-9(14)7-16-12)13(18)17-5-4-10(8-17)19-2/h6-7,10H,3-5,8H2,1-2H3,(H,15,16). The Morgan fingerprint density at radius 3 is 3.11 bits per heavy atom. The molecule has 0 radical (unpaired) electrons. The SMILES string of the molecule is CCNc1ncc(F)cc1C(=O)N1CCC(OC)C1. The van der Waals surface area contributed by atoms with Crippen LogP contribution < -0.4 is 5.32 Å². The third-order valence-corrected chi connectivity index (χ3v) is 3.19. The zero-order valence-corrected chi connectivity index (χ0v) is 11.1. The second kappa shape index (κ2) is 5.97.